The van der Waals surface area contributed by atoms with Crippen LogP contribution in [0.5, 0.6) is 0 Å². The molecule has 1 heterocycles. The van der Waals surface area contributed by atoms with E-state index in [0.29, 0.717) is 13.0 Å². The Hall–Kier alpha value is -0.460. The number of hydrogen-bond acceptors (Lipinski definition) is 4. The van der Waals surface area contributed by atoms with Crippen molar-refractivity contribution in [3.8, 4) is 0 Å². The van der Waals surface area contributed by atoms with Crippen LogP contribution in [0, 0.1) is 13.8 Å². The second-order valence-corrected chi connectivity index (χ2v) is 5.76. The predicted molar refractivity (Wildman–Crippen MR) is 53.2 cm³/mol. The third-order valence-corrected chi connectivity index (χ3v) is 3.89. The highest BCUT2D eigenvalue weighted by Gasteiger charge is 2.11. The second kappa shape index (κ2) is 4.37. The summed E-state index contributed by atoms with van der Waals surface area (Å²) in [5, 5.41) is 0. The van der Waals surface area contributed by atoms with E-state index >= 15 is 0 Å². The molecule has 0 aromatic carbocycles. The highest BCUT2D eigenvalue weighted by atomic mass is 32.2. The van der Waals surface area contributed by atoms with Crippen molar-refractivity contribution in [2.45, 2.75) is 26.8 Å². The maximum absolute atomic E-state index is 10.3. The van der Waals surface area contributed by atoms with Gasteiger partial charge in [-0.15, -0.1) is 0 Å². The van der Waals surface area contributed by atoms with E-state index in [0.717, 1.165) is 5.69 Å². The van der Waals surface area contributed by atoms with Crippen molar-refractivity contribution in [1.82, 2.24) is 0 Å². The smallest absolute Gasteiger partial charge is 0.225 e. The minimum absolute atomic E-state index is 0.283. The Kier molecular flexibility index (Phi) is 3.63. The van der Waals surface area contributed by atoms with Crippen LogP contribution in [0.1, 0.15) is 17.0 Å². The van der Waals surface area contributed by atoms with Gasteiger partial charge in [-0.1, -0.05) is 11.3 Å². The van der Waals surface area contributed by atoms with Crippen molar-refractivity contribution >= 4 is 21.5 Å². The molecule has 80 valence electrons. The molecule has 1 rings (SSSR count). The largest absolute Gasteiger partial charge is 0.748 e. The fourth-order valence-electron chi connectivity index (χ4n) is 1.14. The fourth-order valence-corrected chi connectivity index (χ4v) is 2.46. The van der Waals surface area contributed by atoms with Crippen molar-refractivity contribution in [3.63, 3.8) is 0 Å². The lowest BCUT2D eigenvalue weighted by atomic mass is 10.4. The molecular weight excluding hydrogens is 222 g/mol. The molecule has 0 unspecified atom stereocenters. The molecule has 0 aliphatic carbocycles. The number of aromatic nitrogens is 1. The minimum atomic E-state index is -4.06. The monoisotopic (exact) mass is 235 g/mol. The molecule has 0 saturated carbocycles. The minimum Gasteiger partial charge on any atom is -0.748 e. The Balaban J connectivity index is 2.51. The number of aryl methyl sites for hydroxylation is 2. The first-order chi connectivity index (χ1) is 6.40. The molecule has 4 nitrogen and oxygen atoms in total. The van der Waals surface area contributed by atoms with Gasteiger partial charge in [0.15, 0.2) is 12.2 Å². The van der Waals surface area contributed by atoms with Gasteiger partial charge in [0, 0.05) is 19.1 Å². The molecule has 0 saturated heterocycles. The number of thiazole rings is 1. The van der Waals surface area contributed by atoms with Crippen LogP contribution in [0.2, 0.25) is 0 Å². The maximum atomic E-state index is 10.3. The quantitative estimate of drug-likeness (QED) is 0.567. The first-order valence-corrected chi connectivity index (χ1v) is 6.73. The summed E-state index contributed by atoms with van der Waals surface area (Å²) in [6.07, 6.45) is 0.382. The summed E-state index contributed by atoms with van der Waals surface area (Å²) < 4.78 is 33.0. The Morgan fingerprint density at radius 3 is 2.57 bits per heavy atom. The van der Waals surface area contributed by atoms with Crippen LogP contribution < -0.4 is 4.57 Å². The third-order valence-electron chi connectivity index (χ3n) is 2.09. The summed E-state index contributed by atoms with van der Waals surface area (Å²) in [7, 11) is -4.06. The topological polar surface area (TPSA) is 61.1 Å². The molecule has 0 aliphatic rings. The standard InChI is InChI=1S/C8H13NO3S2/c1-7-8(2)13-6-9(7)4-3-5-14(10,11)12/h6H,3-5H2,1-2H3. The second-order valence-electron chi connectivity index (χ2n) is 3.17. The van der Waals surface area contributed by atoms with Crippen LogP contribution in [0.4, 0.5) is 0 Å². The van der Waals surface area contributed by atoms with Crippen LogP contribution in [0.25, 0.3) is 0 Å². The molecule has 0 bridgehead atoms. The summed E-state index contributed by atoms with van der Waals surface area (Å²) >= 11 is 1.62. The molecule has 0 spiro atoms. The van der Waals surface area contributed by atoms with Gasteiger partial charge in [-0.05, 0) is 6.92 Å². The number of nitrogens with zero attached hydrogens (tertiary/aromatic N) is 1. The predicted octanol–water partition coefficient (Wildman–Crippen LogP) is 0.588. The average molecular weight is 235 g/mol. The zero-order valence-electron chi connectivity index (χ0n) is 8.19. The summed E-state index contributed by atoms with van der Waals surface area (Å²) in [6.45, 7) is 4.59. The molecular formula is C8H13NO3S2. The maximum Gasteiger partial charge on any atom is 0.225 e. The van der Waals surface area contributed by atoms with Gasteiger partial charge in [0.1, 0.15) is 0 Å². The zero-order valence-corrected chi connectivity index (χ0v) is 9.82. The van der Waals surface area contributed by atoms with Gasteiger partial charge in [0.25, 0.3) is 0 Å². The van der Waals surface area contributed by atoms with Gasteiger partial charge in [-0.25, -0.2) is 8.42 Å². The molecule has 0 atom stereocenters. The molecule has 14 heavy (non-hydrogen) atoms. The van der Waals surface area contributed by atoms with Crippen LogP contribution >= 0.6 is 11.3 Å². The molecule has 1 aromatic rings. The average Bonchev–Trinajstić information content (AvgIpc) is 2.33. The van der Waals surface area contributed by atoms with E-state index in [1.807, 2.05) is 23.9 Å². The van der Waals surface area contributed by atoms with E-state index in [1.54, 1.807) is 11.3 Å². The van der Waals surface area contributed by atoms with Crippen molar-refractivity contribution in [2.24, 2.45) is 0 Å². The van der Waals surface area contributed by atoms with Crippen LogP contribution in [-0.4, -0.2) is 18.7 Å². The molecule has 0 radical (unpaired) electrons. The van der Waals surface area contributed by atoms with Gasteiger partial charge in [0.05, 0.1) is 15.0 Å². The molecule has 0 fully saturated rings. The Morgan fingerprint density at radius 1 is 1.50 bits per heavy atom. The highest BCUT2D eigenvalue weighted by Crippen LogP contribution is 2.07. The van der Waals surface area contributed by atoms with Gasteiger partial charge in [-0.2, -0.15) is 4.57 Å². The van der Waals surface area contributed by atoms with Crippen LogP contribution in [-0.2, 0) is 16.7 Å². The van der Waals surface area contributed by atoms with Crippen molar-refractivity contribution in [1.29, 1.82) is 0 Å². The normalized spacial score (nSPS) is 11.9. The Bertz CT molecular complexity index is 408. The van der Waals surface area contributed by atoms with E-state index in [1.165, 1.54) is 4.88 Å². The van der Waals surface area contributed by atoms with E-state index in [4.69, 9.17) is 0 Å². The highest BCUT2D eigenvalue weighted by molar-refractivity contribution is 7.85. The van der Waals surface area contributed by atoms with Gasteiger partial charge < -0.3 is 4.55 Å². The van der Waals surface area contributed by atoms with Crippen molar-refractivity contribution in [3.05, 3.63) is 16.1 Å². The lowest BCUT2D eigenvalue weighted by Crippen LogP contribution is -2.35. The molecule has 0 amide bonds. The summed E-state index contributed by atoms with van der Waals surface area (Å²) in [6, 6.07) is 0. The molecule has 0 N–H and O–H groups in total. The number of hydrogen-bond donors (Lipinski definition) is 0. The first-order valence-electron chi connectivity index (χ1n) is 4.28. The molecule has 0 aliphatic heterocycles. The van der Waals surface area contributed by atoms with Crippen molar-refractivity contribution in [2.75, 3.05) is 5.75 Å². The van der Waals surface area contributed by atoms with Crippen LogP contribution in [0.3, 0.4) is 0 Å². The Morgan fingerprint density at radius 2 is 2.14 bits per heavy atom. The molecule has 6 heteroatoms. The first kappa shape index (κ1) is 11.6. The van der Waals surface area contributed by atoms with Gasteiger partial charge in [-0.3, -0.25) is 0 Å². The zero-order chi connectivity index (χ0) is 10.8. The van der Waals surface area contributed by atoms with Crippen molar-refractivity contribution < 1.29 is 17.5 Å². The number of rotatable bonds is 4. The SMILES string of the molecule is Cc1sc[n+](CCCS(=O)(=O)[O-])c1C. The summed E-state index contributed by atoms with van der Waals surface area (Å²) in [5.74, 6) is -0.283. The van der Waals surface area contributed by atoms with E-state index in [9.17, 15) is 13.0 Å². The lowest BCUT2D eigenvalue weighted by molar-refractivity contribution is -0.698. The summed E-state index contributed by atoms with van der Waals surface area (Å²) in [4.78, 5) is 1.22. The van der Waals surface area contributed by atoms with E-state index in [-0.39, 0.29) is 5.75 Å². The third kappa shape index (κ3) is 3.36. The summed E-state index contributed by atoms with van der Waals surface area (Å²) in [5.41, 5.74) is 3.08. The van der Waals surface area contributed by atoms with E-state index in [2.05, 4.69) is 0 Å². The van der Waals surface area contributed by atoms with Gasteiger partial charge >= 0.3 is 0 Å². The molecule has 1 aromatic heterocycles. The lowest BCUT2D eigenvalue weighted by Gasteiger charge is -2.03. The Labute approximate surface area is 88.0 Å². The van der Waals surface area contributed by atoms with Gasteiger partial charge in [0.2, 0.25) is 5.51 Å². The van der Waals surface area contributed by atoms with Crippen LogP contribution in [0.15, 0.2) is 5.51 Å². The fraction of sp³-hybridized carbons (Fsp3) is 0.625. The van der Waals surface area contributed by atoms with E-state index < -0.39 is 10.1 Å².